The molecule has 1 aromatic carbocycles. The van der Waals surface area contributed by atoms with Crippen molar-refractivity contribution in [2.24, 2.45) is 14.1 Å². The first-order chi connectivity index (χ1) is 8.54. The maximum Gasteiger partial charge on any atom is 0.328 e. The van der Waals surface area contributed by atoms with E-state index in [1.165, 1.54) is 5.56 Å². The number of imidazole rings is 1. The number of nitrogens with zero attached hydrogens (tertiary/aromatic N) is 2. The van der Waals surface area contributed by atoms with Crippen LogP contribution in [0.15, 0.2) is 23.0 Å². The fourth-order valence-corrected chi connectivity index (χ4v) is 2.10. The molecule has 2 rings (SSSR count). The van der Waals surface area contributed by atoms with E-state index in [9.17, 15) is 4.79 Å². The van der Waals surface area contributed by atoms with E-state index in [2.05, 4.69) is 31.3 Å². The fourth-order valence-electron chi connectivity index (χ4n) is 2.10. The quantitative estimate of drug-likeness (QED) is 0.763. The van der Waals surface area contributed by atoms with E-state index in [1.54, 1.807) is 9.13 Å². The molecule has 1 atom stereocenters. The van der Waals surface area contributed by atoms with Crippen molar-refractivity contribution in [3.8, 4) is 0 Å². The molecule has 0 radical (unpaired) electrons. The molecule has 1 heterocycles. The van der Waals surface area contributed by atoms with Crippen LogP contribution < -0.4 is 23.4 Å². The molecule has 1 aromatic heterocycles. The van der Waals surface area contributed by atoms with Gasteiger partial charge in [-0.05, 0) is 31.0 Å². The first-order valence-corrected chi connectivity index (χ1v) is 6.42. The van der Waals surface area contributed by atoms with E-state index < -0.39 is 0 Å². The molecule has 0 spiro atoms. The molecule has 0 aliphatic rings. The van der Waals surface area contributed by atoms with E-state index in [1.807, 2.05) is 20.2 Å². The predicted octanol–water partition coefficient (Wildman–Crippen LogP) is -1.23. The second-order valence-corrected chi connectivity index (χ2v) is 4.91. The zero-order valence-corrected chi connectivity index (χ0v) is 12.7. The molecule has 0 saturated heterocycles. The molecule has 1 unspecified atom stereocenters. The molecular formula is C14H21ClN3O-. The van der Waals surface area contributed by atoms with Crippen LogP contribution in [0.3, 0.4) is 0 Å². The van der Waals surface area contributed by atoms with Gasteiger partial charge in [0, 0.05) is 26.7 Å². The Morgan fingerprint density at radius 3 is 2.47 bits per heavy atom. The Balaban J connectivity index is 0.00000180. The summed E-state index contributed by atoms with van der Waals surface area (Å²) < 4.78 is 3.38. The molecule has 19 heavy (non-hydrogen) atoms. The number of fused-ring (bicyclic) bond motifs is 1. The number of nitrogens with one attached hydrogen (secondary N) is 1. The molecule has 5 heteroatoms. The lowest BCUT2D eigenvalue weighted by Gasteiger charge is -2.11. The largest absolute Gasteiger partial charge is 1.00 e. The van der Waals surface area contributed by atoms with Gasteiger partial charge < -0.3 is 17.7 Å². The van der Waals surface area contributed by atoms with Gasteiger partial charge >= 0.3 is 5.69 Å². The van der Waals surface area contributed by atoms with Crippen molar-refractivity contribution < 1.29 is 12.4 Å². The number of hydrogen-bond donors (Lipinski definition) is 1. The third kappa shape index (κ3) is 3.01. The summed E-state index contributed by atoms with van der Waals surface area (Å²) >= 11 is 0. The second-order valence-electron chi connectivity index (χ2n) is 4.91. The van der Waals surface area contributed by atoms with Crippen molar-refractivity contribution in [3.63, 3.8) is 0 Å². The monoisotopic (exact) mass is 282 g/mol. The number of aryl methyl sites for hydroxylation is 2. The topological polar surface area (TPSA) is 39.0 Å². The van der Waals surface area contributed by atoms with Crippen molar-refractivity contribution in [1.29, 1.82) is 0 Å². The molecule has 106 valence electrons. The van der Waals surface area contributed by atoms with Crippen molar-refractivity contribution >= 4 is 11.0 Å². The minimum absolute atomic E-state index is 0. The van der Waals surface area contributed by atoms with Crippen LogP contribution in [-0.2, 0) is 20.6 Å². The summed E-state index contributed by atoms with van der Waals surface area (Å²) in [5.41, 5.74) is 3.21. The fraction of sp³-hybridized carbons (Fsp3) is 0.500. The molecule has 1 N–H and O–H groups in total. The van der Waals surface area contributed by atoms with Crippen LogP contribution >= 0.6 is 0 Å². The van der Waals surface area contributed by atoms with E-state index in [0.29, 0.717) is 6.04 Å². The van der Waals surface area contributed by atoms with Crippen LogP contribution in [0.5, 0.6) is 0 Å². The Morgan fingerprint density at radius 1 is 1.21 bits per heavy atom. The molecule has 0 amide bonds. The zero-order valence-electron chi connectivity index (χ0n) is 11.9. The number of aromatic nitrogens is 2. The van der Waals surface area contributed by atoms with Gasteiger partial charge in [0.2, 0.25) is 0 Å². The number of rotatable bonds is 4. The van der Waals surface area contributed by atoms with Crippen molar-refractivity contribution in [2.45, 2.75) is 32.9 Å². The lowest BCUT2D eigenvalue weighted by molar-refractivity contribution is -0.00000407. The van der Waals surface area contributed by atoms with Gasteiger partial charge in [-0.3, -0.25) is 9.13 Å². The van der Waals surface area contributed by atoms with Crippen LogP contribution in [0.1, 0.15) is 25.8 Å². The van der Waals surface area contributed by atoms with Gasteiger partial charge in [0.15, 0.2) is 0 Å². The molecule has 2 aromatic rings. The highest BCUT2D eigenvalue weighted by atomic mass is 35.5. The van der Waals surface area contributed by atoms with Crippen molar-refractivity contribution in [1.82, 2.24) is 14.5 Å². The Morgan fingerprint density at radius 2 is 1.84 bits per heavy atom. The first-order valence-electron chi connectivity index (χ1n) is 6.42. The van der Waals surface area contributed by atoms with E-state index >= 15 is 0 Å². The summed E-state index contributed by atoms with van der Waals surface area (Å²) in [6, 6.07) is 6.70. The molecule has 0 aliphatic heterocycles. The minimum Gasteiger partial charge on any atom is -1.00 e. The summed E-state index contributed by atoms with van der Waals surface area (Å²) in [6.45, 7) is 5.19. The number of benzene rings is 1. The van der Waals surface area contributed by atoms with Crippen molar-refractivity contribution in [3.05, 3.63) is 34.2 Å². The number of halogens is 1. The lowest BCUT2D eigenvalue weighted by Crippen LogP contribution is -3.00. The summed E-state index contributed by atoms with van der Waals surface area (Å²) in [7, 11) is 3.62. The van der Waals surface area contributed by atoms with E-state index in [0.717, 1.165) is 24.0 Å². The standard InChI is InChI=1S/C14H21N3O.ClH/c1-5-10(2)15-9-11-6-7-12-13(8-11)17(4)14(18)16(12)3;/h6-8,10,15H,5,9H2,1-4H3;1H/p-1. The summed E-state index contributed by atoms with van der Waals surface area (Å²) in [5, 5.41) is 3.46. The van der Waals surface area contributed by atoms with Crippen LogP contribution in [0.25, 0.3) is 11.0 Å². The summed E-state index contributed by atoms with van der Waals surface area (Å²) in [5.74, 6) is 0. The molecule has 0 fully saturated rings. The van der Waals surface area contributed by atoms with Gasteiger partial charge in [0.1, 0.15) is 0 Å². The Kier molecular flexibility index (Phi) is 5.20. The van der Waals surface area contributed by atoms with Gasteiger partial charge in [-0.25, -0.2) is 4.79 Å². The van der Waals surface area contributed by atoms with Crippen LogP contribution in [0.4, 0.5) is 0 Å². The Bertz CT molecular complexity index is 615. The van der Waals surface area contributed by atoms with Crippen LogP contribution in [-0.4, -0.2) is 15.2 Å². The van der Waals surface area contributed by atoms with Gasteiger partial charge in [0.05, 0.1) is 11.0 Å². The maximum absolute atomic E-state index is 11.8. The smallest absolute Gasteiger partial charge is 0.328 e. The Hall–Kier alpha value is -1.26. The molecule has 0 saturated carbocycles. The molecule has 4 nitrogen and oxygen atoms in total. The van der Waals surface area contributed by atoms with Crippen LogP contribution in [0, 0.1) is 0 Å². The zero-order chi connectivity index (χ0) is 13.3. The van der Waals surface area contributed by atoms with E-state index in [-0.39, 0.29) is 18.1 Å². The Labute approximate surface area is 119 Å². The third-order valence-corrected chi connectivity index (χ3v) is 3.60. The average molecular weight is 283 g/mol. The minimum atomic E-state index is 0. The van der Waals surface area contributed by atoms with Gasteiger partial charge in [0.25, 0.3) is 0 Å². The third-order valence-electron chi connectivity index (χ3n) is 3.60. The lowest BCUT2D eigenvalue weighted by atomic mass is 10.1. The van der Waals surface area contributed by atoms with E-state index in [4.69, 9.17) is 0 Å². The predicted molar refractivity (Wildman–Crippen MR) is 74.8 cm³/mol. The van der Waals surface area contributed by atoms with Gasteiger partial charge in [-0.1, -0.05) is 13.0 Å². The summed E-state index contributed by atoms with van der Waals surface area (Å²) in [6.07, 6.45) is 1.12. The molecule has 0 aliphatic carbocycles. The number of hydrogen-bond acceptors (Lipinski definition) is 2. The SMILES string of the molecule is CCC(C)NCc1ccc2c(c1)n(C)c(=O)n2C.[Cl-]. The highest BCUT2D eigenvalue weighted by Crippen LogP contribution is 2.14. The summed E-state index contributed by atoms with van der Waals surface area (Å²) in [4.78, 5) is 11.8. The molecule has 0 bridgehead atoms. The highest BCUT2D eigenvalue weighted by molar-refractivity contribution is 5.76. The first kappa shape index (κ1) is 15.8. The second kappa shape index (κ2) is 6.26. The van der Waals surface area contributed by atoms with Gasteiger partial charge in [-0.2, -0.15) is 0 Å². The van der Waals surface area contributed by atoms with Crippen LogP contribution in [0.2, 0.25) is 0 Å². The maximum atomic E-state index is 11.8. The average Bonchev–Trinajstić information content (AvgIpc) is 2.61. The van der Waals surface area contributed by atoms with Gasteiger partial charge in [-0.15, -0.1) is 0 Å². The molecular weight excluding hydrogens is 262 g/mol. The normalized spacial score (nSPS) is 12.4. The van der Waals surface area contributed by atoms with Crippen molar-refractivity contribution in [2.75, 3.05) is 0 Å². The highest BCUT2D eigenvalue weighted by Gasteiger charge is 2.08.